The number of hydrogen-bond acceptors (Lipinski definition) is 5. The summed E-state index contributed by atoms with van der Waals surface area (Å²) in [4.78, 5) is 10.0. The topological polar surface area (TPSA) is 97.6 Å². The van der Waals surface area contributed by atoms with Gasteiger partial charge in [0.2, 0.25) is 0 Å². The highest BCUT2D eigenvalue weighted by atomic mass is 16.6. The lowest BCUT2D eigenvalue weighted by Crippen LogP contribution is -2.00. The van der Waals surface area contributed by atoms with Crippen LogP contribution in [0.4, 0.5) is 5.69 Å². The first-order chi connectivity index (χ1) is 8.13. The second-order valence-corrected chi connectivity index (χ2v) is 3.32. The predicted molar refractivity (Wildman–Crippen MR) is 57.5 cm³/mol. The largest absolute Gasteiger partial charge is 0.269 e. The molecule has 0 aliphatic carbocycles. The number of nitriles is 1. The molecule has 0 saturated carbocycles. The van der Waals surface area contributed by atoms with Crippen LogP contribution in [0.2, 0.25) is 0 Å². The summed E-state index contributed by atoms with van der Waals surface area (Å²) in [6.45, 7) is 1.67. The monoisotopic (exact) mass is 229 g/mol. The van der Waals surface area contributed by atoms with Crippen molar-refractivity contribution in [3.63, 3.8) is 0 Å². The molecule has 0 aliphatic heterocycles. The van der Waals surface area contributed by atoms with Gasteiger partial charge >= 0.3 is 0 Å². The Bertz CT molecular complexity index is 609. The third-order valence-electron chi connectivity index (χ3n) is 2.25. The molecule has 0 aliphatic rings. The van der Waals surface area contributed by atoms with Crippen LogP contribution >= 0.6 is 0 Å². The zero-order chi connectivity index (χ0) is 12.4. The molecule has 1 aromatic carbocycles. The number of aromatic nitrogens is 3. The highest BCUT2D eigenvalue weighted by Gasteiger charge is 2.11. The molecule has 0 fully saturated rings. The number of non-ortho nitro benzene ring substituents is 1. The first kappa shape index (κ1) is 10.8. The number of hydrogen-bond donors (Lipinski definition) is 0. The number of rotatable bonds is 2. The maximum Gasteiger partial charge on any atom is 0.269 e. The maximum absolute atomic E-state index is 10.5. The van der Waals surface area contributed by atoms with Crippen molar-refractivity contribution in [2.45, 2.75) is 6.92 Å². The van der Waals surface area contributed by atoms with Crippen LogP contribution in [0.25, 0.3) is 5.69 Å². The summed E-state index contributed by atoms with van der Waals surface area (Å²) in [5, 5.41) is 27.0. The Morgan fingerprint density at radius 2 is 2.06 bits per heavy atom. The fourth-order valence-electron chi connectivity index (χ4n) is 1.38. The van der Waals surface area contributed by atoms with Crippen molar-refractivity contribution < 1.29 is 4.92 Å². The molecule has 0 bridgehead atoms. The minimum Gasteiger partial charge on any atom is -0.258 e. The van der Waals surface area contributed by atoms with Crippen LogP contribution in [0.3, 0.4) is 0 Å². The van der Waals surface area contributed by atoms with E-state index in [1.165, 1.54) is 28.9 Å². The Kier molecular flexibility index (Phi) is 2.54. The Labute approximate surface area is 96.1 Å². The molecule has 1 heterocycles. The van der Waals surface area contributed by atoms with Crippen LogP contribution in [0.15, 0.2) is 24.3 Å². The molecule has 2 aromatic rings. The molecule has 0 amide bonds. The third-order valence-corrected chi connectivity index (χ3v) is 2.25. The van der Waals surface area contributed by atoms with E-state index in [9.17, 15) is 10.1 Å². The van der Waals surface area contributed by atoms with Gasteiger partial charge in [-0.05, 0) is 19.1 Å². The Morgan fingerprint density at radius 3 is 2.59 bits per heavy atom. The van der Waals surface area contributed by atoms with Crippen molar-refractivity contribution in [2.75, 3.05) is 0 Å². The molecule has 2 rings (SSSR count). The van der Waals surface area contributed by atoms with Crippen LogP contribution in [-0.2, 0) is 0 Å². The molecule has 0 atom stereocenters. The zero-order valence-electron chi connectivity index (χ0n) is 8.86. The van der Waals surface area contributed by atoms with Gasteiger partial charge in [0.05, 0.1) is 16.3 Å². The minimum atomic E-state index is -0.485. The maximum atomic E-state index is 10.5. The number of nitro benzene ring substituents is 1. The molecule has 17 heavy (non-hydrogen) atoms. The lowest BCUT2D eigenvalue weighted by molar-refractivity contribution is -0.384. The van der Waals surface area contributed by atoms with E-state index in [2.05, 4.69) is 10.3 Å². The van der Waals surface area contributed by atoms with Crippen molar-refractivity contribution in [1.29, 1.82) is 5.26 Å². The van der Waals surface area contributed by atoms with Crippen LogP contribution in [0, 0.1) is 28.4 Å². The quantitative estimate of drug-likeness (QED) is 0.571. The summed E-state index contributed by atoms with van der Waals surface area (Å²) in [7, 11) is 0. The molecule has 0 N–H and O–H groups in total. The average molecular weight is 229 g/mol. The molecule has 7 heteroatoms. The summed E-state index contributed by atoms with van der Waals surface area (Å²) in [5.74, 6) is 0. The first-order valence-corrected chi connectivity index (χ1v) is 4.70. The fourth-order valence-corrected chi connectivity index (χ4v) is 1.38. The summed E-state index contributed by atoms with van der Waals surface area (Å²) in [6.07, 6.45) is 0. The Morgan fingerprint density at radius 1 is 1.41 bits per heavy atom. The van der Waals surface area contributed by atoms with Gasteiger partial charge in [-0.25, -0.2) is 4.68 Å². The van der Waals surface area contributed by atoms with Crippen LogP contribution in [0.5, 0.6) is 0 Å². The average Bonchev–Trinajstić information content (AvgIpc) is 2.70. The molecule has 0 unspecified atom stereocenters. The van der Waals surface area contributed by atoms with Crippen molar-refractivity contribution >= 4 is 5.69 Å². The zero-order valence-corrected chi connectivity index (χ0v) is 8.86. The summed E-state index contributed by atoms with van der Waals surface area (Å²) in [6, 6.07) is 7.73. The van der Waals surface area contributed by atoms with E-state index >= 15 is 0 Å². The molecule has 1 aromatic heterocycles. The van der Waals surface area contributed by atoms with Gasteiger partial charge in [0, 0.05) is 12.1 Å². The predicted octanol–water partition coefficient (Wildman–Crippen LogP) is 1.36. The van der Waals surface area contributed by atoms with Crippen LogP contribution in [0.1, 0.15) is 11.4 Å². The Balaban J connectivity index is 2.47. The van der Waals surface area contributed by atoms with Gasteiger partial charge in [0.25, 0.3) is 5.69 Å². The summed E-state index contributed by atoms with van der Waals surface area (Å²) < 4.78 is 1.35. The third kappa shape index (κ3) is 1.83. The molecule has 7 nitrogen and oxygen atoms in total. The highest BCUT2D eigenvalue weighted by Crippen LogP contribution is 2.16. The number of nitrogens with zero attached hydrogens (tertiary/aromatic N) is 5. The molecular formula is C10H7N5O2. The lowest BCUT2D eigenvalue weighted by Gasteiger charge is -2.00. The summed E-state index contributed by atoms with van der Waals surface area (Å²) in [5.41, 5.74) is 1.39. The normalized spacial score (nSPS) is 9.88. The van der Waals surface area contributed by atoms with Crippen LogP contribution in [-0.4, -0.2) is 19.9 Å². The number of benzene rings is 1. The summed E-state index contributed by atoms with van der Waals surface area (Å²) >= 11 is 0. The van der Waals surface area contributed by atoms with Crippen molar-refractivity contribution in [2.24, 2.45) is 0 Å². The van der Waals surface area contributed by atoms with Crippen molar-refractivity contribution in [1.82, 2.24) is 15.0 Å². The molecule has 0 saturated heterocycles. The number of nitro groups is 1. The second kappa shape index (κ2) is 4.02. The van der Waals surface area contributed by atoms with Gasteiger partial charge in [-0.1, -0.05) is 5.21 Å². The first-order valence-electron chi connectivity index (χ1n) is 4.70. The van der Waals surface area contributed by atoms with E-state index in [4.69, 9.17) is 5.26 Å². The molecular weight excluding hydrogens is 222 g/mol. The van der Waals surface area contributed by atoms with E-state index in [1.807, 2.05) is 6.07 Å². The highest BCUT2D eigenvalue weighted by molar-refractivity contribution is 5.43. The lowest BCUT2D eigenvalue weighted by atomic mass is 10.2. The Hall–Kier alpha value is -2.75. The van der Waals surface area contributed by atoms with E-state index in [0.717, 1.165) is 0 Å². The van der Waals surface area contributed by atoms with E-state index < -0.39 is 4.92 Å². The minimum absolute atomic E-state index is 0.0101. The second-order valence-electron chi connectivity index (χ2n) is 3.32. The van der Waals surface area contributed by atoms with Gasteiger partial charge < -0.3 is 0 Å². The molecule has 84 valence electrons. The number of aryl methyl sites for hydroxylation is 1. The van der Waals surface area contributed by atoms with Gasteiger partial charge in [-0.3, -0.25) is 10.1 Å². The molecule has 0 radical (unpaired) electrons. The standard InChI is InChI=1S/C10H7N5O2/c1-7-10(6-11)14(13-12-7)8-2-4-9(5-3-8)15(16)17/h2-5H,1H3. The van der Waals surface area contributed by atoms with E-state index in [-0.39, 0.29) is 5.69 Å². The van der Waals surface area contributed by atoms with Gasteiger partial charge in [0.1, 0.15) is 6.07 Å². The van der Waals surface area contributed by atoms with Crippen molar-refractivity contribution in [3.8, 4) is 11.8 Å². The SMILES string of the molecule is Cc1nnn(-c2ccc([N+](=O)[O-])cc2)c1C#N. The van der Waals surface area contributed by atoms with E-state index in [1.54, 1.807) is 6.92 Å². The van der Waals surface area contributed by atoms with E-state index in [0.29, 0.717) is 17.1 Å². The molecule has 0 spiro atoms. The van der Waals surface area contributed by atoms with Gasteiger partial charge in [0.15, 0.2) is 5.69 Å². The fraction of sp³-hybridized carbons (Fsp3) is 0.100. The van der Waals surface area contributed by atoms with Gasteiger partial charge in [-0.15, -0.1) is 5.10 Å². The van der Waals surface area contributed by atoms with Crippen LogP contribution < -0.4 is 0 Å². The smallest absolute Gasteiger partial charge is 0.258 e. The van der Waals surface area contributed by atoms with Crippen molar-refractivity contribution in [3.05, 3.63) is 45.8 Å². The van der Waals surface area contributed by atoms with Gasteiger partial charge in [-0.2, -0.15) is 5.26 Å².